The molecule has 0 atom stereocenters. The van der Waals surface area contributed by atoms with Crippen molar-refractivity contribution in [3.05, 3.63) is 0 Å². The molecular weight excluding hydrogens is 235 g/mol. The molecule has 100 valence electrons. The van der Waals surface area contributed by atoms with Gasteiger partial charge in [0.25, 0.3) is 0 Å². The highest BCUT2D eigenvalue weighted by Crippen LogP contribution is 2.44. The van der Waals surface area contributed by atoms with Crippen LogP contribution >= 0.6 is 0 Å². The highest BCUT2D eigenvalue weighted by atomic mass is 19.4. The lowest BCUT2D eigenvalue weighted by molar-refractivity contribution is -0.229. The first kappa shape index (κ1) is 14.1. The van der Waals surface area contributed by atoms with Gasteiger partial charge in [-0.3, -0.25) is 0 Å². The maximum absolute atomic E-state index is 13.0. The van der Waals surface area contributed by atoms with Crippen molar-refractivity contribution in [3.8, 4) is 0 Å². The Balaban J connectivity index is 2.61. The number of rotatable bonds is 3. The van der Waals surface area contributed by atoms with E-state index >= 15 is 0 Å². The first-order valence-electron chi connectivity index (χ1n) is 5.70. The number of nitrogens with one attached hydrogen (secondary N) is 3. The molecule has 1 heterocycles. The molecule has 0 radical (unpaired) electrons. The van der Waals surface area contributed by atoms with Crippen molar-refractivity contribution in [2.45, 2.75) is 25.9 Å². The summed E-state index contributed by atoms with van der Waals surface area (Å²) in [5.74, 6) is 0. The molecule has 1 fully saturated rings. The normalized spacial score (nSPS) is 19.8. The highest BCUT2D eigenvalue weighted by molar-refractivity contribution is 5.73. The minimum Gasteiger partial charge on any atom is -0.338 e. The molecule has 4 nitrogen and oxygen atoms in total. The lowest BCUT2D eigenvalue weighted by atomic mass is 9.78. The van der Waals surface area contributed by atoms with Gasteiger partial charge in [-0.1, -0.05) is 0 Å². The minimum absolute atomic E-state index is 0.00288. The quantitative estimate of drug-likeness (QED) is 0.708. The van der Waals surface area contributed by atoms with E-state index in [9.17, 15) is 18.0 Å². The largest absolute Gasteiger partial charge is 0.396 e. The lowest BCUT2D eigenvalue weighted by Crippen LogP contribution is -2.54. The Bertz CT molecular complexity index is 262. The molecule has 0 aromatic heterocycles. The predicted molar refractivity (Wildman–Crippen MR) is 57.7 cm³/mol. The molecule has 1 aliphatic rings. The first-order chi connectivity index (χ1) is 7.91. The van der Waals surface area contributed by atoms with Gasteiger partial charge in [-0.05, 0) is 32.9 Å². The maximum Gasteiger partial charge on any atom is 0.396 e. The third kappa shape index (κ3) is 3.49. The van der Waals surface area contributed by atoms with E-state index in [1.54, 1.807) is 6.92 Å². The van der Waals surface area contributed by atoms with E-state index in [1.807, 2.05) is 0 Å². The van der Waals surface area contributed by atoms with Crippen LogP contribution in [0.15, 0.2) is 0 Å². The van der Waals surface area contributed by atoms with Gasteiger partial charge >= 0.3 is 12.2 Å². The molecule has 0 aromatic carbocycles. The molecule has 17 heavy (non-hydrogen) atoms. The molecular formula is C10H18F3N3O. The fourth-order valence-corrected chi connectivity index (χ4v) is 1.94. The Morgan fingerprint density at radius 2 is 1.88 bits per heavy atom. The zero-order valence-electron chi connectivity index (χ0n) is 9.78. The second-order valence-electron chi connectivity index (χ2n) is 4.24. The number of hydrogen-bond donors (Lipinski definition) is 3. The third-order valence-corrected chi connectivity index (χ3v) is 3.09. The van der Waals surface area contributed by atoms with E-state index in [4.69, 9.17) is 0 Å². The average molecular weight is 253 g/mol. The number of piperidine rings is 1. The van der Waals surface area contributed by atoms with E-state index in [0.717, 1.165) is 0 Å². The number of halogens is 3. The Morgan fingerprint density at radius 1 is 1.29 bits per heavy atom. The van der Waals surface area contributed by atoms with Crippen molar-refractivity contribution >= 4 is 6.03 Å². The molecule has 0 unspecified atom stereocenters. The lowest BCUT2D eigenvalue weighted by Gasteiger charge is -2.39. The van der Waals surface area contributed by atoms with Crippen LogP contribution in [0.1, 0.15) is 19.8 Å². The van der Waals surface area contributed by atoms with E-state index in [-0.39, 0.29) is 19.4 Å². The molecule has 0 aromatic rings. The zero-order chi connectivity index (χ0) is 12.9. The summed E-state index contributed by atoms with van der Waals surface area (Å²) in [7, 11) is 0. The van der Waals surface area contributed by atoms with Crippen LogP contribution in [-0.4, -0.2) is 38.4 Å². The second-order valence-corrected chi connectivity index (χ2v) is 4.24. The Kier molecular flexibility index (Phi) is 4.62. The van der Waals surface area contributed by atoms with Crippen LogP contribution in [0.5, 0.6) is 0 Å². The average Bonchev–Trinajstić information content (AvgIpc) is 2.27. The van der Waals surface area contributed by atoms with Gasteiger partial charge in [-0.25, -0.2) is 4.79 Å². The van der Waals surface area contributed by atoms with Crippen LogP contribution in [0.25, 0.3) is 0 Å². The van der Waals surface area contributed by atoms with Crippen molar-refractivity contribution in [1.29, 1.82) is 0 Å². The van der Waals surface area contributed by atoms with E-state index in [2.05, 4.69) is 16.0 Å². The number of amides is 2. The van der Waals surface area contributed by atoms with Gasteiger partial charge in [-0.15, -0.1) is 0 Å². The summed E-state index contributed by atoms with van der Waals surface area (Å²) < 4.78 is 39.1. The molecule has 0 bridgehead atoms. The summed E-state index contributed by atoms with van der Waals surface area (Å²) in [6, 6.07) is -0.547. The molecule has 1 aliphatic heterocycles. The molecule has 0 aliphatic carbocycles. The molecule has 0 spiro atoms. The molecule has 7 heteroatoms. The van der Waals surface area contributed by atoms with Gasteiger partial charge < -0.3 is 16.0 Å². The zero-order valence-corrected chi connectivity index (χ0v) is 9.78. The molecule has 2 amide bonds. The van der Waals surface area contributed by atoms with Crippen LogP contribution < -0.4 is 16.0 Å². The van der Waals surface area contributed by atoms with Crippen LogP contribution in [-0.2, 0) is 0 Å². The first-order valence-corrected chi connectivity index (χ1v) is 5.70. The topological polar surface area (TPSA) is 53.2 Å². The summed E-state index contributed by atoms with van der Waals surface area (Å²) in [4.78, 5) is 11.1. The fourth-order valence-electron chi connectivity index (χ4n) is 1.94. The van der Waals surface area contributed by atoms with Crippen molar-refractivity contribution < 1.29 is 18.0 Å². The standard InChI is InChI=1S/C10H18F3N3O/c1-2-15-8(17)16-7-9(10(11,12)13)3-5-14-6-4-9/h14H,2-7H2,1H3,(H2,15,16,17). The second kappa shape index (κ2) is 5.57. The van der Waals surface area contributed by atoms with Gasteiger partial charge in [0.05, 0.1) is 5.41 Å². The summed E-state index contributed by atoms with van der Waals surface area (Å²) in [5, 5.41) is 7.62. The summed E-state index contributed by atoms with van der Waals surface area (Å²) >= 11 is 0. The number of alkyl halides is 3. The van der Waals surface area contributed by atoms with Gasteiger partial charge in [0.2, 0.25) is 0 Å². The van der Waals surface area contributed by atoms with E-state index in [1.165, 1.54) is 0 Å². The SMILES string of the molecule is CCNC(=O)NCC1(C(F)(F)F)CCNCC1. The molecule has 3 N–H and O–H groups in total. The predicted octanol–water partition coefficient (Wildman–Crippen LogP) is 1.24. The van der Waals surface area contributed by atoms with Crippen LogP contribution in [0, 0.1) is 5.41 Å². The van der Waals surface area contributed by atoms with Crippen LogP contribution in [0.3, 0.4) is 0 Å². The molecule has 1 saturated heterocycles. The van der Waals surface area contributed by atoms with Gasteiger partial charge in [-0.2, -0.15) is 13.2 Å². The van der Waals surface area contributed by atoms with Gasteiger partial charge in [0.1, 0.15) is 0 Å². The van der Waals surface area contributed by atoms with Crippen molar-refractivity contribution in [1.82, 2.24) is 16.0 Å². The Labute approximate surface area is 98.3 Å². The number of urea groups is 1. The number of hydrogen-bond acceptors (Lipinski definition) is 2. The smallest absolute Gasteiger partial charge is 0.338 e. The number of carbonyl (C=O) groups is 1. The third-order valence-electron chi connectivity index (χ3n) is 3.09. The number of carbonyl (C=O) groups excluding carboxylic acids is 1. The fraction of sp³-hybridized carbons (Fsp3) is 0.900. The molecule has 1 rings (SSSR count). The van der Waals surface area contributed by atoms with Gasteiger partial charge in [0, 0.05) is 13.1 Å². The van der Waals surface area contributed by atoms with E-state index < -0.39 is 17.6 Å². The van der Waals surface area contributed by atoms with Crippen molar-refractivity contribution in [2.24, 2.45) is 5.41 Å². The summed E-state index contributed by atoms with van der Waals surface area (Å²) in [6.07, 6.45) is -4.28. The van der Waals surface area contributed by atoms with Crippen LogP contribution in [0.2, 0.25) is 0 Å². The summed E-state index contributed by atoms with van der Waals surface area (Å²) in [5.41, 5.74) is -1.79. The van der Waals surface area contributed by atoms with Crippen LogP contribution in [0.4, 0.5) is 18.0 Å². The highest BCUT2D eigenvalue weighted by Gasteiger charge is 2.54. The maximum atomic E-state index is 13.0. The Morgan fingerprint density at radius 3 is 2.35 bits per heavy atom. The monoisotopic (exact) mass is 253 g/mol. The Hall–Kier alpha value is -0.980. The van der Waals surface area contributed by atoms with Crippen molar-refractivity contribution in [3.63, 3.8) is 0 Å². The van der Waals surface area contributed by atoms with E-state index in [0.29, 0.717) is 19.6 Å². The minimum atomic E-state index is -4.28. The molecule has 0 saturated carbocycles. The van der Waals surface area contributed by atoms with Gasteiger partial charge in [0.15, 0.2) is 0 Å². The summed E-state index contributed by atoms with van der Waals surface area (Å²) in [6.45, 7) is 2.41. The van der Waals surface area contributed by atoms with Crippen molar-refractivity contribution in [2.75, 3.05) is 26.2 Å².